The fraction of sp³-hybridized carbons (Fsp3) is 0. The van der Waals surface area contributed by atoms with Gasteiger partial charge in [-0.2, -0.15) is 0 Å². The van der Waals surface area contributed by atoms with Crippen LogP contribution in [0.4, 0.5) is 4.79 Å². The molecule has 8 heavy (non-hydrogen) atoms. The topological polar surface area (TPSA) is 126 Å². The van der Waals surface area contributed by atoms with Crippen molar-refractivity contribution in [2.75, 3.05) is 0 Å². The van der Waals surface area contributed by atoms with Gasteiger partial charge in [-0.15, -0.1) is 0 Å². The third-order valence-corrected chi connectivity index (χ3v) is 0. The minimum Gasteiger partial charge on any atom is -0.652 e. The van der Waals surface area contributed by atoms with E-state index in [-0.39, 0.29) is 114 Å². The molecule has 0 bridgehead atoms. The van der Waals surface area contributed by atoms with E-state index in [0.717, 1.165) is 0 Å². The van der Waals surface area contributed by atoms with Gasteiger partial charge in [-0.1, -0.05) is 0 Å². The first kappa shape index (κ1) is 31.4. The normalized spacial score (nSPS) is 3.00. The Bertz CT molecular complexity index is 33.4. The zero-order valence-electron chi connectivity index (χ0n) is 4.72. The van der Waals surface area contributed by atoms with Crippen LogP contribution < -0.4 is 113 Å². The quantitative estimate of drug-likeness (QED) is 0.338. The van der Waals surface area contributed by atoms with E-state index in [4.69, 9.17) is 15.0 Å². The molecule has 0 aromatic heterocycles. The summed E-state index contributed by atoms with van der Waals surface area (Å²) in [5.41, 5.74) is 0. The van der Waals surface area contributed by atoms with E-state index in [1.165, 1.54) is 0 Å². The zero-order valence-corrected chi connectivity index (χ0v) is 11.0. The summed E-state index contributed by atoms with van der Waals surface area (Å²) in [4.78, 5) is 8.33. The van der Waals surface area contributed by atoms with Crippen LogP contribution in [0.2, 0.25) is 0 Å². The van der Waals surface area contributed by atoms with E-state index < -0.39 is 6.16 Å². The molecule has 7 heteroatoms. The van der Waals surface area contributed by atoms with Crippen molar-refractivity contribution in [3.8, 4) is 0 Å². The molecule has 0 spiro atoms. The molecule has 0 saturated heterocycles. The van der Waals surface area contributed by atoms with Crippen LogP contribution >= 0.6 is 0 Å². The maximum Gasteiger partial charge on any atom is 1.00 e. The second-order valence-electron chi connectivity index (χ2n) is 0.250. The van der Waals surface area contributed by atoms with Crippen LogP contribution in [0.1, 0.15) is 0 Å². The third-order valence-electron chi connectivity index (χ3n) is 0. The average molecular weight is 174 g/mol. The second-order valence-corrected chi connectivity index (χ2v) is 0.250. The Hall–Kier alpha value is 2.46. The molecule has 0 fully saturated rings. The average Bonchev–Trinajstić information content (AvgIpc) is 0.811. The van der Waals surface area contributed by atoms with Crippen LogP contribution in [0.5, 0.6) is 0 Å². The fourth-order valence-electron chi connectivity index (χ4n) is 0. The van der Waals surface area contributed by atoms with E-state index in [0.29, 0.717) is 0 Å². The minimum atomic E-state index is -2.33. The Morgan fingerprint density at radius 2 is 1.00 bits per heavy atom. The molecule has 5 nitrogen and oxygen atoms in total. The molecule has 0 heterocycles. The molecule has 40 valence electrons. The van der Waals surface area contributed by atoms with Crippen molar-refractivity contribution >= 4 is 6.16 Å². The van der Waals surface area contributed by atoms with Gasteiger partial charge in [-0.3, -0.25) is 0 Å². The van der Waals surface area contributed by atoms with E-state index in [1.807, 2.05) is 0 Å². The molecule has 0 atom stereocenters. The summed E-state index contributed by atoms with van der Waals surface area (Å²) >= 11 is 0. The number of hydrogen-bond acceptors (Lipinski definition) is 3. The van der Waals surface area contributed by atoms with Crippen molar-refractivity contribution in [3.63, 3.8) is 0 Å². The third kappa shape index (κ3) is 77.7. The Morgan fingerprint density at radius 3 is 1.00 bits per heavy atom. The Labute approximate surface area is 131 Å². The molecule has 0 unspecified atom stereocenters. The number of rotatable bonds is 0. The largest absolute Gasteiger partial charge is 1.00 e. The van der Waals surface area contributed by atoms with Gasteiger partial charge in [0.15, 0.2) is 0 Å². The van der Waals surface area contributed by atoms with Crippen LogP contribution in [0, 0.1) is 0 Å². The Morgan fingerprint density at radius 1 is 1.00 bits per heavy atom. The van der Waals surface area contributed by atoms with Gasteiger partial charge in [-0.05, 0) is 6.16 Å². The predicted molar refractivity (Wildman–Crippen MR) is 12.6 cm³/mol. The van der Waals surface area contributed by atoms with Gasteiger partial charge in [0.25, 0.3) is 0 Å². The molecule has 0 aliphatic carbocycles. The van der Waals surface area contributed by atoms with Gasteiger partial charge in [0, 0.05) is 0 Å². The summed E-state index contributed by atoms with van der Waals surface area (Å²) in [6, 6.07) is 0. The molecule has 0 amide bonds. The monoisotopic (exact) mass is 174 g/mol. The number of carbonyl (C=O) groups excluding carboxylic acids is 1. The fourth-order valence-corrected chi connectivity index (χ4v) is 0. The second kappa shape index (κ2) is 22.7. The molecule has 0 saturated carbocycles. The SMILES string of the molecule is O.O.O=C([O-])[O-].[K+].[K+]. The van der Waals surface area contributed by atoms with Crippen molar-refractivity contribution in [3.05, 3.63) is 0 Å². The van der Waals surface area contributed by atoms with Crippen LogP contribution in [0.3, 0.4) is 0 Å². The summed E-state index contributed by atoms with van der Waals surface area (Å²) in [5, 5.41) is 16.7. The standard InChI is InChI=1S/CH2O3.2K.2H2O/c2-1(3)4;;;;/h(H2,2,3,4);;;2*1H2/q;2*+1;;/p-2. The minimum absolute atomic E-state index is 0. The number of carbonyl (C=O) groups is 1. The van der Waals surface area contributed by atoms with Crippen molar-refractivity contribution in [2.45, 2.75) is 0 Å². The van der Waals surface area contributed by atoms with E-state index in [2.05, 4.69) is 0 Å². The zero-order chi connectivity index (χ0) is 3.58. The van der Waals surface area contributed by atoms with Crippen LogP contribution in [0.25, 0.3) is 0 Å². The maximum atomic E-state index is 8.33. The van der Waals surface area contributed by atoms with Gasteiger partial charge in [-0.25, -0.2) is 0 Å². The predicted octanol–water partition coefficient (Wildman–Crippen LogP) is -10.1. The number of carboxylic acid groups (broad SMARTS) is 2. The molecule has 0 aliphatic rings. The van der Waals surface area contributed by atoms with Crippen molar-refractivity contribution < 1.29 is 129 Å². The van der Waals surface area contributed by atoms with Crippen LogP contribution in [0.15, 0.2) is 0 Å². The maximum absolute atomic E-state index is 8.33. The van der Waals surface area contributed by atoms with Crippen LogP contribution in [-0.4, -0.2) is 17.1 Å². The summed E-state index contributed by atoms with van der Waals surface area (Å²) in [7, 11) is 0. The molecule has 0 aromatic rings. The molecular weight excluding hydrogens is 170 g/mol. The van der Waals surface area contributed by atoms with Gasteiger partial charge in [0.2, 0.25) is 0 Å². The van der Waals surface area contributed by atoms with Gasteiger partial charge < -0.3 is 26.0 Å². The molecule has 0 radical (unpaired) electrons. The Kier molecular flexibility index (Phi) is 89.1. The molecule has 4 N–H and O–H groups in total. The van der Waals surface area contributed by atoms with E-state index in [1.54, 1.807) is 0 Å². The van der Waals surface area contributed by atoms with Gasteiger partial charge >= 0.3 is 103 Å². The van der Waals surface area contributed by atoms with Gasteiger partial charge in [0.05, 0.1) is 0 Å². The summed E-state index contributed by atoms with van der Waals surface area (Å²) in [6.45, 7) is 0. The smallest absolute Gasteiger partial charge is 0.652 e. The molecule has 0 rings (SSSR count). The Balaban J connectivity index is -0.00000000750. The first-order chi connectivity index (χ1) is 1.73. The molecule has 0 aromatic carbocycles. The molecular formula is CH4K2O5. The molecule has 0 aliphatic heterocycles. The summed E-state index contributed by atoms with van der Waals surface area (Å²) in [5.74, 6) is 0. The van der Waals surface area contributed by atoms with Crippen molar-refractivity contribution in [1.82, 2.24) is 0 Å². The number of hydrogen-bond donors (Lipinski definition) is 0. The summed E-state index contributed by atoms with van der Waals surface area (Å²) < 4.78 is 0. The van der Waals surface area contributed by atoms with Crippen LogP contribution in [-0.2, 0) is 0 Å². The van der Waals surface area contributed by atoms with E-state index in [9.17, 15) is 0 Å². The van der Waals surface area contributed by atoms with E-state index >= 15 is 0 Å². The first-order valence-electron chi connectivity index (χ1n) is 0.612. The van der Waals surface area contributed by atoms with Crippen molar-refractivity contribution in [2.24, 2.45) is 0 Å². The van der Waals surface area contributed by atoms with Crippen molar-refractivity contribution in [1.29, 1.82) is 0 Å². The first-order valence-corrected chi connectivity index (χ1v) is 0.612. The van der Waals surface area contributed by atoms with Gasteiger partial charge in [0.1, 0.15) is 0 Å². The summed E-state index contributed by atoms with van der Waals surface area (Å²) in [6.07, 6.45) is -2.33.